The van der Waals surface area contributed by atoms with Crippen molar-refractivity contribution in [2.75, 3.05) is 0 Å². The van der Waals surface area contributed by atoms with Crippen molar-refractivity contribution in [1.82, 2.24) is 23.3 Å². The van der Waals surface area contributed by atoms with E-state index in [1.807, 2.05) is 12.1 Å². The molecule has 0 radical (unpaired) electrons. The van der Waals surface area contributed by atoms with Crippen LogP contribution in [0.2, 0.25) is 0 Å². The summed E-state index contributed by atoms with van der Waals surface area (Å²) in [5, 5.41) is 1.17. The molecule has 5 aromatic carbocycles. The van der Waals surface area contributed by atoms with Crippen molar-refractivity contribution in [1.29, 1.82) is 0 Å². The summed E-state index contributed by atoms with van der Waals surface area (Å²) >= 11 is 0. The van der Waals surface area contributed by atoms with Gasteiger partial charge in [-0.05, 0) is 59.7 Å². The van der Waals surface area contributed by atoms with E-state index >= 15 is 0 Å². The van der Waals surface area contributed by atoms with Crippen LogP contribution in [0.4, 0.5) is 0 Å². The van der Waals surface area contributed by atoms with Crippen molar-refractivity contribution in [3.05, 3.63) is 127 Å². The predicted molar refractivity (Wildman–Crippen MR) is 159 cm³/mol. The van der Waals surface area contributed by atoms with Gasteiger partial charge in [-0.1, -0.05) is 78.9 Å². The number of hydrogen-bond acceptors (Lipinski definition) is 2. The summed E-state index contributed by atoms with van der Waals surface area (Å²) in [6, 6.07) is 44.7. The van der Waals surface area contributed by atoms with Crippen LogP contribution in [-0.4, -0.2) is 23.3 Å². The van der Waals surface area contributed by atoms with Crippen LogP contribution in [0.15, 0.2) is 127 Å². The largest absolute Gasteiger partial charge is 0.294 e. The first kappa shape index (κ1) is 20.6. The summed E-state index contributed by atoms with van der Waals surface area (Å²) in [6.45, 7) is 0. The standard InChI is InChI=1S/C34H21N5/c1-3-11-22(12-4-1)23-19-20-28-25(21-23)31-34(37(28)24-13-5-2-6-14-24)39-30-18-10-8-16-27(30)36-33(39)32-35-26-15-7-9-17-29(26)38(31)32/h1-21H. The van der Waals surface area contributed by atoms with Gasteiger partial charge in [0.15, 0.2) is 11.3 Å². The third-order valence-electron chi connectivity index (χ3n) is 7.79. The van der Waals surface area contributed by atoms with Crippen LogP contribution < -0.4 is 0 Å². The Hall–Kier alpha value is -5.42. The molecule has 0 N–H and O–H groups in total. The average Bonchev–Trinajstić information content (AvgIpc) is 3.67. The third-order valence-corrected chi connectivity index (χ3v) is 7.79. The van der Waals surface area contributed by atoms with E-state index in [9.17, 15) is 0 Å². The van der Waals surface area contributed by atoms with Crippen LogP contribution >= 0.6 is 0 Å². The van der Waals surface area contributed by atoms with Crippen molar-refractivity contribution in [2.45, 2.75) is 0 Å². The van der Waals surface area contributed by atoms with E-state index in [-0.39, 0.29) is 0 Å². The highest BCUT2D eigenvalue weighted by molar-refractivity contribution is 6.12. The molecular weight excluding hydrogens is 478 g/mol. The minimum absolute atomic E-state index is 0.850. The molecular formula is C34H21N5. The molecule has 0 unspecified atom stereocenters. The predicted octanol–water partition coefficient (Wildman–Crippen LogP) is 8.05. The molecule has 0 aliphatic carbocycles. The number of rotatable bonds is 2. The lowest BCUT2D eigenvalue weighted by Crippen LogP contribution is -2.02. The number of nitrogens with zero attached hydrogens (tertiary/aromatic N) is 5. The van der Waals surface area contributed by atoms with E-state index < -0.39 is 0 Å². The summed E-state index contributed by atoms with van der Waals surface area (Å²) in [5.41, 5.74) is 12.6. The van der Waals surface area contributed by atoms with E-state index in [0.717, 1.165) is 55.7 Å². The molecule has 5 heteroatoms. The molecule has 0 spiro atoms. The topological polar surface area (TPSA) is 39.5 Å². The monoisotopic (exact) mass is 499 g/mol. The van der Waals surface area contributed by atoms with Gasteiger partial charge in [-0.3, -0.25) is 13.4 Å². The van der Waals surface area contributed by atoms with Crippen molar-refractivity contribution < 1.29 is 0 Å². The lowest BCUT2D eigenvalue weighted by Gasteiger charge is -2.10. The number of benzene rings is 5. The fourth-order valence-corrected chi connectivity index (χ4v) is 6.13. The molecule has 0 aliphatic heterocycles. The second-order valence-electron chi connectivity index (χ2n) is 9.96. The second kappa shape index (κ2) is 7.55. The fraction of sp³-hybridized carbons (Fsp3) is 0. The first-order valence-corrected chi connectivity index (χ1v) is 13.1. The van der Waals surface area contributed by atoms with Crippen LogP contribution in [-0.2, 0) is 0 Å². The minimum Gasteiger partial charge on any atom is -0.294 e. The summed E-state index contributed by atoms with van der Waals surface area (Å²) in [7, 11) is 0. The van der Waals surface area contributed by atoms with Gasteiger partial charge in [-0.2, -0.15) is 0 Å². The Morgan fingerprint density at radius 2 is 1.05 bits per heavy atom. The smallest absolute Gasteiger partial charge is 0.183 e. The molecule has 182 valence electrons. The van der Waals surface area contributed by atoms with Crippen LogP contribution in [0.25, 0.3) is 72.2 Å². The molecule has 4 aromatic heterocycles. The maximum Gasteiger partial charge on any atom is 0.183 e. The molecule has 0 amide bonds. The highest BCUT2D eigenvalue weighted by Gasteiger charge is 2.24. The average molecular weight is 500 g/mol. The molecule has 9 rings (SSSR count). The normalized spacial score (nSPS) is 12.1. The zero-order valence-electron chi connectivity index (χ0n) is 20.9. The highest BCUT2D eigenvalue weighted by atomic mass is 15.2. The molecule has 0 bridgehead atoms. The Labute approximate surface area is 222 Å². The molecule has 9 aromatic rings. The van der Waals surface area contributed by atoms with Gasteiger partial charge in [0.2, 0.25) is 0 Å². The Morgan fingerprint density at radius 1 is 0.462 bits per heavy atom. The van der Waals surface area contributed by atoms with Gasteiger partial charge in [-0.15, -0.1) is 0 Å². The van der Waals surface area contributed by atoms with Crippen LogP contribution in [0.1, 0.15) is 0 Å². The van der Waals surface area contributed by atoms with Crippen molar-refractivity contribution in [3.8, 4) is 16.8 Å². The van der Waals surface area contributed by atoms with Gasteiger partial charge in [-0.25, -0.2) is 9.97 Å². The minimum atomic E-state index is 0.850. The lowest BCUT2D eigenvalue weighted by atomic mass is 10.0. The summed E-state index contributed by atoms with van der Waals surface area (Å²) in [6.07, 6.45) is 0. The first-order chi connectivity index (χ1) is 19.4. The summed E-state index contributed by atoms with van der Waals surface area (Å²) in [4.78, 5) is 10.3. The van der Waals surface area contributed by atoms with E-state index in [1.165, 1.54) is 16.5 Å². The molecule has 0 saturated carbocycles. The van der Waals surface area contributed by atoms with E-state index in [2.05, 4.69) is 129 Å². The first-order valence-electron chi connectivity index (χ1n) is 13.1. The van der Waals surface area contributed by atoms with Crippen LogP contribution in [0, 0.1) is 0 Å². The van der Waals surface area contributed by atoms with Gasteiger partial charge in [0.1, 0.15) is 5.65 Å². The molecule has 5 nitrogen and oxygen atoms in total. The van der Waals surface area contributed by atoms with Crippen LogP contribution in [0.3, 0.4) is 0 Å². The highest BCUT2D eigenvalue weighted by Crippen LogP contribution is 2.39. The number of hydrogen-bond donors (Lipinski definition) is 0. The van der Waals surface area contributed by atoms with Crippen LogP contribution in [0.5, 0.6) is 0 Å². The zero-order chi connectivity index (χ0) is 25.5. The summed E-state index contributed by atoms with van der Waals surface area (Å²) < 4.78 is 6.97. The molecule has 0 atom stereocenters. The van der Waals surface area contributed by atoms with Gasteiger partial charge in [0.25, 0.3) is 0 Å². The zero-order valence-corrected chi connectivity index (χ0v) is 20.9. The fourth-order valence-electron chi connectivity index (χ4n) is 6.13. The quantitative estimate of drug-likeness (QED) is 0.241. The maximum atomic E-state index is 5.13. The second-order valence-corrected chi connectivity index (χ2v) is 9.96. The Balaban J connectivity index is 1.62. The van der Waals surface area contributed by atoms with E-state index in [4.69, 9.17) is 9.97 Å². The maximum absolute atomic E-state index is 5.13. The van der Waals surface area contributed by atoms with Crippen molar-refractivity contribution in [3.63, 3.8) is 0 Å². The lowest BCUT2D eigenvalue weighted by molar-refractivity contribution is 1.09. The van der Waals surface area contributed by atoms with Gasteiger partial charge >= 0.3 is 0 Å². The number of imidazole rings is 2. The van der Waals surface area contributed by atoms with Gasteiger partial charge in [0, 0.05) is 11.1 Å². The van der Waals surface area contributed by atoms with Gasteiger partial charge < -0.3 is 0 Å². The Bertz CT molecular complexity index is 2370. The number of para-hydroxylation sites is 5. The summed E-state index contributed by atoms with van der Waals surface area (Å²) in [5.74, 6) is 0. The SMILES string of the molecule is c1ccc(-c2ccc3c(c2)c2c(n3-c3ccccc3)n3c4ccccc4nc3c3nc4ccccc4n32)cc1. The van der Waals surface area contributed by atoms with E-state index in [1.54, 1.807) is 0 Å². The van der Waals surface area contributed by atoms with Crippen molar-refractivity contribution in [2.24, 2.45) is 0 Å². The number of aromatic nitrogens is 5. The van der Waals surface area contributed by atoms with E-state index in [0.29, 0.717) is 0 Å². The molecule has 39 heavy (non-hydrogen) atoms. The van der Waals surface area contributed by atoms with Crippen molar-refractivity contribution >= 4 is 55.4 Å². The third kappa shape index (κ3) is 2.73. The molecule has 0 saturated heterocycles. The van der Waals surface area contributed by atoms with Gasteiger partial charge in [0.05, 0.1) is 33.1 Å². The Morgan fingerprint density at radius 3 is 1.77 bits per heavy atom. The molecule has 0 fully saturated rings. The Kier molecular flexibility index (Phi) is 3.99. The molecule has 0 aliphatic rings. The number of fused-ring (bicyclic) bond motifs is 12. The molecule has 4 heterocycles.